The van der Waals surface area contributed by atoms with Crippen LogP contribution in [0.15, 0.2) is 36.0 Å². The number of carbonyl (C=O) groups is 2. The van der Waals surface area contributed by atoms with Crippen molar-refractivity contribution in [2.75, 3.05) is 12.4 Å². The van der Waals surface area contributed by atoms with Crippen LogP contribution in [-0.2, 0) is 9.53 Å². The van der Waals surface area contributed by atoms with Crippen LogP contribution in [0.3, 0.4) is 0 Å². The maximum Gasteiger partial charge on any atom is 0.339 e. The van der Waals surface area contributed by atoms with Crippen LogP contribution in [0.25, 0.3) is 0 Å². The normalized spacial score (nSPS) is 30.3. The maximum atomic E-state index is 12.8. The number of nitriles is 1. The molecule has 4 aliphatic rings. The first kappa shape index (κ1) is 20.5. The van der Waals surface area contributed by atoms with Gasteiger partial charge in [0.05, 0.1) is 18.4 Å². The van der Waals surface area contributed by atoms with Crippen LogP contribution in [0.1, 0.15) is 55.8 Å². The number of anilines is 1. The Balaban J connectivity index is 1.45. The molecular weight excluding hydrogens is 378 g/mol. The lowest BCUT2D eigenvalue weighted by Crippen LogP contribution is -2.56. The first-order chi connectivity index (χ1) is 14.4. The number of methoxy groups -OCH3 is 1. The Bertz CT molecular complexity index is 879. The molecule has 0 aliphatic heterocycles. The van der Waals surface area contributed by atoms with Gasteiger partial charge in [-0.15, -0.1) is 0 Å². The molecule has 1 amide bonds. The van der Waals surface area contributed by atoms with Crippen LogP contribution in [0.5, 0.6) is 0 Å². The molecule has 30 heavy (non-hydrogen) atoms. The fraction of sp³-hybridized carbons (Fsp3) is 0.542. The van der Waals surface area contributed by atoms with E-state index in [4.69, 9.17) is 4.74 Å². The fourth-order valence-electron chi connectivity index (χ4n) is 6.33. The molecule has 0 radical (unpaired) electrons. The first-order valence-electron chi connectivity index (χ1n) is 10.8. The number of nitrogens with zero attached hydrogens (tertiary/aromatic N) is 1. The lowest BCUT2D eigenvalue weighted by Gasteiger charge is -2.59. The van der Waals surface area contributed by atoms with E-state index < -0.39 is 5.97 Å². The number of rotatable bonds is 6. The SMILES string of the molecule is COC(=O)c1ccccc1N/C=C(/C#N)C(=O)NC(C)C12CC3CC(CC(C3)C1)C2. The summed E-state index contributed by atoms with van der Waals surface area (Å²) in [6.45, 7) is 2.10. The second kappa shape index (κ2) is 8.14. The zero-order valence-electron chi connectivity index (χ0n) is 17.6. The quantitative estimate of drug-likeness (QED) is 0.422. The number of hydrogen-bond donors (Lipinski definition) is 2. The molecule has 0 spiro atoms. The highest BCUT2D eigenvalue weighted by molar-refractivity contribution is 5.99. The minimum atomic E-state index is -0.482. The summed E-state index contributed by atoms with van der Waals surface area (Å²) in [7, 11) is 1.31. The molecule has 4 fully saturated rings. The lowest BCUT2D eigenvalue weighted by molar-refractivity contribution is -0.122. The third-order valence-electron chi connectivity index (χ3n) is 7.42. The summed E-state index contributed by atoms with van der Waals surface area (Å²) in [4.78, 5) is 24.7. The Kier molecular flexibility index (Phi) is 5.55. The highest BCUT2D eigenvalue weighted by Gasteiger charge is 2.53. The average molecular weight is 408 g/mol. The molecule has 4 saturated carbocycles. The van der Waals surface area contributed by atoms with E-state index in [2.05, 4.69) is 17.6 Å². The van der Waals surface area contributed by atoms with Gasteiger partial charge < -0.3 is 15.4 Å². The van der Waals surface area contributed by atoms with Crippen molar-refractivity contribution >= 4 is 17.6 Å². The minimum Gasteiger partial charge on any atom is -0.465 e. The van der Waals surface area contributed by atoms with Crippen LogP contribution in [0, 0.1) is 34.5 Å². The maximum absolute atomic E-state index is 12.8. The number of benzene rings is 1. The number of amides is 1. The van der Waals surface area contributed by atoms with Gasteiger partial charge in [-0.05, 0) is 80.8 Å². The van der Waals surface area contributed by atoms with Gasteiger partial charge in [0.1, 0.15) is 11.6 Å². The van der Waals surface area contributed by atoms with Gasteiger partial charge >= 0.3 is 5.97 Å². The molecule has 2 N–H and O–H groups in total. The second-order valence-corrected chi connectivity index (χ2v) is 9.33. The molecular formula is C24H29N3O3. The summed E-state index contributed by atoms with van der Waals surface area (Å²) in [5, 5.41) is 15.6. The van der Waals surface area contributed by atoms with Gasteiger partial charge in [0.15, 0.2) is 0 Å². The van der Waals surface area contributed by atoms with Gasteiger partial charge in [0.2, 0.25) is 0 Å². The van der Waals surface area contributed by atoms with Crippen molar-refractivity contribution in [3.63, 3.8) is 0 Å². The molecule has 0 aromatic heterocycles. The van der Waals surface area contributed by atoms with Crippen molar-refractivity contribution in [3.05, 3.63) is 41.6 Å². The number of nitrogens with one attached hydrogen (secondary N) is 2. The molecule has 5 rings (SSSR count). The molecule has 6 heteroatoms. The van der Waals surface area contributed by atoms with Gasteiger partial charge in [-0.25, -0.2) is 4.79 Å². The van der Waals surface area contributed by atoms with Crippen molar-refractivity contribution in [2.24, 2.45) is 23.2 Å². The summed E-state index contributed by atoms with van der Waals surface area (Å²) in [6.07, 6.45) is 9.00. The van der Waals surface area contributed by atoms with E-state index in [0.717, 1.165) is 17.8 Å². The summed E-state index contributed by atoms with van der Waals surface area (Å²) >= 11 is 0. The number of hydrogen-bond acceptors (Lipinski definition) is 5. The zero-order chi connectivity index (χ0) is 21.3. The molecule has 1 atom stereocenters. The van der Waals surface area contributed by atoms with Crippen LogP contribution in [0.4, 0.5) is 5.69 Å². The Morgan fingerprint density at radius 3 is 2.33 bits per heavy atom. The van der Waals surface area contributed by atoms with Crippen LogP contribution in [-0.4, -0.2) is 25.0 Å². The minimum absolute atomic E-state index is 0.00810. The Morgan fingerprint density at radius 2 is 1.77 bits per heavy atom. The standard InChI is InChI=1S/C24H29N3O3/c1-15(24-10-16-7-17(11-24)9-18(8-16)12-24)27-22(28)19(13-25)14-26-21-6-4-3-5-20(21)23(29)30-2/h3-6,14-18,26H,7-12H2,1-2H3,(H,27,28)/b19-14-. The monoisotopic (exact) mass is 407 g/mol. The smallest absolute Gasteiger partial charge is 0.339 e. The van der Waals surface area contributed by atoms with E-state index in [9.17, 15) is 14.9 Å². The van der Waals surface area contributed by atoms with Gasteiger partial charge in [-0.2, -0.15) is 5.26 Å². The van der Waals surface area contributed by atoms with Gasteiger partial charge in [0.25, 0.3) is 5.91 Å². The topological polar surface area (TPSA) is 91.2 Å². The fourth-order valence-corrected chi connectivity index (χ4v) is 6.33. The largest absolute Gasteiger partial charge is 0.465 e. The van der Waals surface area contributed by atoms with Crippen LogP contribution < -0.4 is 10.6 Å². The first-order valence-corrected chi connectivity index (χ1v) is 10.8. The molecule has 4 aliphatic carbocycles. The van der Waals surface area contributed by atoms with Crippen molar-refractivity contribution in [1.82, 2.24) is 5.32 Å². The Labute approximate surface area is 177 Å². The van der Waals surface area contributed by atoms with E-state index in [1.807, 2.05) is 6.07 Å². The third-order valence-corrected chi connectivity index (χ3v) is 7.42. The van der Waals surface area contributed by atoms with Crippen LogP contribution >= 0.6 is 0 Å². The van der Waals surface area contributed by atoms with Crippen molar-refractivity contribution in [3.8, 4) is 6.07 Å². The predicted molar refractivity (Wildman–Crippen MR) is 113 cm³/mol. The summed E-state index contributed by atoms with van der Waals surface area (Å²) in [6, 6.07) is 8.85. The zero-order valence-corrected chi connectivity index (χ0v) is 17.6. The Morgan fingerprint density at radius 1 is 1.17 bits per heavy atom. The van der Waals surface area contributed by atoms with E-state index in [0.29, 0.717) is 11.3 Å². The molecule has 1 aromatic carbocycles. The van der Waals surface area contributed by atoms with E-state index in [1.54, 1.807) is 24.3 Å². The summed E-state index contributed by atoms with van der Waals surface area (Å²) in [5.74, 6) is 1.56. The highest BCUT2D eigenvalue weighted by atomic mass is 16.5. The molecule has 1 aromatic rings. The molecule has 4 bridgehead atoms. The van der Waals surface area contributed by atoms with Gasteiger partial charge in [-0.3, -0.25) is 4.79 Å². The molecule has 0 saturated heterocycles. The highest BCUT2D eigenvalue weighted by Crippen LogP contribution is 2.61. The van der Waals surface area contributed by atoms with E-state index in [-0.39, 0.29) is 22.9 Å². The third kappa shape index (κ3) is 3.81. The van der Waals surface area contributed by atoms with E-state index in [1.165, 1.54) is 51.8 Å². The summed E-state index contributed by atoms with van der Waals surface area (Å²) < 4.78 is 4.78. The van der Waals surface area contributed by atoms with Crippen LogP contribution in [0.2, 0.25) is 0 Å². The molecule has 6 nitrogen and oxygen atoms in total. The summed E-state index contributed by atoms with van der Waals surface area (Å²) in [5.41, 5.74) is 0.997. The Hall–Kier alpha value is -2.81. The molecule has 158 valence electrons. The lowest BCUT2D eigenvalue weighted by atomic mass is 9.48. The molecule has 1 unspecified atom stereocenters. The number of esters is 1. The predicted octanol–water partition coefficient (Wildman–Crippen LogP) is 4.01. The number of carbonyl (C=O) groups excluding carboxylic acids is 2. The molecule has 0 heterocycles. The van der Waals surface area contributed by atoms with Gasteiger partial charge in [0, 0.05) is 12.2 Å². The number of ether oxygens (including phenoxy) is 1. The average Bonchev–Trinajstić information content (AvgIpc) is 2.73. The second-order valence-electron chi connectivity index (χ2n) is 9.33. The van der Waals surface area contributed by atoms with Crippen molar-refractivity contribution in [2.45, 2.75) is 51.5 Å². The van der Waals surface area contributed by atoms with Crippen molar-refractivity contribution in [1.29, 1.82) is 5.26 Å². The van der Waals surface area contributed by atoms with Gasteiger partial charge in [-0.1, -0.05) is 12.1 Å². The van der Waals surface area contributed by atoms with Crippen molar-refractivity contribution < 1.29 is 14.3 Å². The van der Waals surface area contributed by atoms with E-state index >= 15 is 0 Å². The number of para-hydroxylation sites is 1.